The molecule has 0 atom stereocenters. The Morgan fingerprint density at radius 2 is 1.43 bits per heavy atom. The van der Waals surface area contributed by atoms with Crippen LogP contribution in [-0.4, -0.2) is 5.91 Å². The van der Waals surface area contributed by atoms with Gasteiger partial charge in [-0.15, -0.1) is 0 Å². The number of carbonyl (C=O) groups excluding carboxylic acids is 1. The molecule has 0 radical (unpaired) electrons. The molecule has 28 heavy (non-hydrogen) atoms. The van der Waals surface area contributed by atoms with Crippen molar-refractivity contribution in [1.29, 1.82) is 0 Å². The van der Waals surface area contributed by atoms with Gasteiger partial charge in [-0.05, 0) is 42.0 Å². The van der Waals surface area contributed by atoms with Gasteiger partial charge >= 0.3 is 0 Å². The van der Waals surface area contributed by atoms with Crippen LogP contribution in [0.4, 0.5) is 5.69 Å². The standard InChI is InChI=1S/C23H15Cl2NO2/c24-17-12-16(13-18(25)14-17)21-10-11-22(28-21)23(27)26-20-9-5-4-8-19(20)15-6-2-1-3-7-15/h1-14H,(H,26,27). The molecule has 0 aliphatic rings. The molecule has 0 fully saturated rings. The molecule has 0 spiro atoms. The molecule has 3 aromatic carbocycles. The zero-order valence-corrected chi connectivity index (χ0v) is 16.2. The van der Waals surface area contributed by atoms with E-state index >= 15 is 0 Å². The van der Waals surface area contributed by atoms with Crippen LogP contribution in [0.15, 0.2) is 89.3 Å². The number of para-hydroxylation sites is 1. The van der Waals surface area contributed by atoms with Gasteiger partial charge in [0, 0.05) is 26.9 Å². The highest BCUT2D eigenvalue weighted by atomic mass is 35.5. The third-order valence-electron chi connectivity index (χ3n) is 4.24. The van der Waals surface area contributed by atoms with E-state index in [1.165, 1.54) is 0 Å². The minimum atomic E-state index is -0.331. The minimum absolute atomic E-state index is 0.203. The zero-order valence-electron chi connectivity index (χ0n) is 14.7. The van der Waals surface area contributed by atoms with Crippen molar-refractivity contribution < 1.29 is 9.21 Å². The minimum Gasteiger partial charge on any atom is -0.451 e. The molecule has 1 amide bonds. The molecule has 0 saturated carbocycles. The van der Waals surface area contributed by atoms with Crippen LogP contribution in [0.25, 0.3) is 22.5 Å². The monoisotopic (exact) mass is 407 g/mol. The molecule has 0 aliphatic heterocycles. The number of halogens is 2. The average molecular weight is 408 g/mol. The van der Waals surface area contributed by atoms with Crippen molar-refractivity contribution in [1.82, 2.24) is 0 Å². The van der Waals surface area contributed by atoms with Crippen molar-refractivity contribution in [3.05, 3.63) is 101 Å². The van der Waals surface area contributed by atoms with Crippen molar-refractivity contribution in [2.24, 2.45) is 0 Å². The van der Waals surface area contributed by atoms with Crippen molar-refractivity contribution in [2.75, 3.05) is 5.32 Å². The smallest absolute Gasteiger partial charge is 0.291 e. The van der Waals surface area contributed by atoms with E-state index in [-0.39, 0.29) is 11.7 Å². The number of rotatable bonds is 4. The molecule has 4 aromatic rings. The van der Waals surface area contributed by atoms with Gasteiger partial charge in [0.05, 0.1) is 0 Å². The van der Waals surface area contributed by atoms with Crippen LogP contribution in [0.3, 0.4) is 0 Å². The predicted molar refractivity (Wildman–Crippen MR) is 114 cm³/mol. The number of carbonyl (C=O) groups is 1. The largest absolute Gasteiger partial charge is 0.451 e. The second-order valence-electron chi connectivity index (χ2n) is 6.19. The number of furan rings is 1. The van der Waals surface area contributed by atoms with Gasteiger partial charge in [-0.2, -0.15) is 0 Å². The van der Waals surface area contributed by atoms with E-state index < -0.39 is 0 Å². The molecule has 3 nitrogen and oxygen atoms in total. The van der Waals surface area contributed by atoms with Gasteiger partial charge in [0.2, 0.25) is 0 Å². The van der Waals surface area contributed by atoms with E-state index in [2.05, 4.69) is 5.32 Å². The van der Waals surface area contributed by atoms with Crippen molar-refractivity contribution in [2.45, 2.75) is 0 Å². The van der Waals surface area contributed by atoms with E-state index in [0.29, 0.717) is 27.1 Å². The highest BCUT2D eigenvalue weighted by Crippen LogP contribution is 2.30. The van der Waals surface area contributed by atoms with Crippen molar-refractivity contribution in [3.63, 3.8) is 0 Å². The lowest BCUT2D eigenvalue weighted by Gasteiger charge is -2.10. The molecular weight excluding hydrogens is 393 g/mol. The zero-order chi connectivity index (χ0) is 19.5. The van der Waals surface area contributed by atoms with Crippen LogP contribution in [0.2, 0.25) is 10.0 Å². The molecule has 5 heteroatoms. The lowest BCUT2D eigenvalue weighted by atomic mass is 10.0. The number of hydrogen-bond acceptors (Lipinski definition) is 2. The Balaban J connectivity index is 1.60. The van der Waals surface area contributed by atoms with Crippen molar-refractivity contribution in [3.8, 4) is 22.5 Å². The fraction of sp³-hybridized carbons (Fsp3) is 0. The Bertz CT molecular complexity index is 1120. The second-order valence-corrected chi connectivity index (χ2v) is 7.06. The normalized spacial score (nSPS) is 10.6. The highest BCUT2D eigenvalue weighted by Gasteiger charge is 2.15. The number of hydrogen-bond donors (Lipinski definition) is 1. The summed E-state index contributed by atoms with van der Waals surface area (Å²) in [6, 6.07) is 26.0. The lowest BCUT2D eigenvalue weighted by molar-refractivity contribution is 0.0997. The molecule has 0 saturated heterocycles. The fourth-order valence-corrected chi connectivity index (χ4v) is 3.48. The number of nitrogens with one attached hydrogen (secondary N) is 1. The molecule has 138 valence electrons. The SMILES string of the molecule is O=C(Nc1ccccc1-c1ccccc1)c1ccc(-c2cc(Cl)cc(Cl)c2)o1. The maximum atomic E-state index is 12.7. The van der Waals surface area contributed by atoms with Gasteiger partial charge in [0.25, 0.3) is 5.91 Å². The maximum absolute atomic E-state index is 12.7. The summed E-state index contributed by atoms with van der Waals surface area (Å²) in [7, 11) is 0. The van der Waals surface area contributed by atoms with Gasteiger partial charge in [-0.25, -0.2) is 0 Å². The highest BCUT2D eigenvalue weighted by molar-refractivity contribution is 6.35. The Kier molecular flexibility index (Phi) is 5.20. The predicted octanol–water partition coefficient (Wildman–Crippen LogP) is 7.17. The van der Waals surface area contributed by atoms with E-state index in [0.717, 1.165) is 11.1 Å². The summed E-state index contributed by atoms with van der Waals surface area (Å²) >= 11 is 12.1. The molecule has 1 heterocycles. The van der Waals surface area contributed by atoms with E-state index in [1.807, 2.05) is 54.6 Å². The summed E-state index contributed by atoms with van der Waals surface area (Å²) in [4.78, 5) is 12.7. The van der Waals surface area contributed by atoms with E-state index in [9.17, 15) is 4.79 Å². The van der Waals surface area contributed by atoms with E-state index in [4.69, 9.17) is 27.6 Å². The summed E-state index contributed by atoms with van der Waals surface area (Å²) in [5.74, 6) is 0.391. The van der Waals surface area contributed by atoms with Gasteiger partial charge < -0.3 is 9.73 Å². The molecule has 0 unspecified atom stereocenters. The van der Waals surface area contributed by atoms with Crippen LogP contribution in [0, 0.1) is 0 Å². The van der Waals surface area contributed by atoms with Gasteiger partial charge in [-0.1, -0.05) is 71.7 Å². The first-order valence-corrected chi connectivity index (χ1v) is 9.38. The number of anilines is 1. The first kappa shape index (κ1) is 18.4. The van der Waals surface area contributed by atoms with Crippen molar-refractivity contribution >= 4 is 34.8 Å². The van der Waals surface area contributed by atoms with Crippen LogP contribution in [0.1, 0.15) is 10.6 Å². The maximum Gasteiger partial charge on any atom is 0.291 e. The van der Waals surface area contributed by atoms with Gasteiger partial charge in [0.1, 0.15) is 5.76 Å². The molecular formula is C23H15Cl2NO2. The average Bonchev–Trinajstić information content (AvgIpc) is 3.19. The lowest BCUT2D eigenvalue weighted by Crippen LogP contribution is -2.11. The van der Waals surface area contributed by atoms with E-state index in [1.54, 1.807) is 30.3 Å². The topological polar surface area (TPSA) is 42.2 Å². The van der Waals surface area contributed by atoms with Crippen LogP contribution < -0.4 is 5.32 Å². The summed E-state index contributed by atoms with van der Waals surface area (Å²) in [5.41, 5.74) is 3.38. The van der Waals surface area contributed by atoms with Crippen LogP contribution in [0.5, 0.6) is 0 Å². The quantitative estimate of drug-likeness (QED) is 0.389. The summed E-state index contributed by atoms with van der Waals surface area (Å²) in [6.07, 6.45) is 0. The number of amides is 1. The Morgan fingerprint density at radius 1 is 0.750 bits per heavy atom. The first-order valence-electron chi connectivity index (χ1n) is 8.62. The van der Waals surface area contributed by atoms with Crippen LogP contribution in [-0.2, 0) is 0 Å². The molecule has 4 rings (SSSR count). The first-order chi connectivity index (χ1) is 13.6. The molecule has 1 aromatic heterocycles. The molecule has 0 aliphatic carbocycles. The summed E-state index contributed by atoms with van der Waals surface area (Å²) in [5, 5.41) is 3.93. The number of benzene rings is 3. The Morgan fingerprint density at radius 3 is 2.18 bits per heavy atom. The summed E-state index contributed by atoms with van der Waals surface area (Å²) < 4.78 is 5.73. The molecule has 0 bridgehead atoms. The third kappa shape index (κ3) is 3.96. The third-order valence-corrected chi connectivity index (χ3v) is 4.67. The second kappa shape index (κ2) is 7.93. The van der Waals surface area contributed by atoms with Crippen LogP contribution >= 0.6 is 23.2 Å². The Labute approximate surface area is 172 Å². The molecule has 1 N–H and O–H groups in total. The fourth-order valence-electron chi connectivity index (χ4n) is 2.96. The summed E-state index contributed by atoms with van der Waals surface area (Å²) in [6.45, 7) is 0. The van der Waals surface area contributed by atoms with Gasteiger partial charge in [0.15, 0.2) is 5.76 Å². The van der Waals surface area contributed by atoms with Gasteiger partial charge in [-0.3, -0.25) is 4.79 Å². The Hall–Kier alpha value is -3.01.